The number of nitrogens with one attached hydrogen (secondary N) is 1. The number of benzene rings is 1. The lowest BCUT2D eigenvalue weighted by Gasteiger charge is -2.16. The third-order valence-corrected chi connectivity index (χ3v) is 4.31. The molecule has 0 radical (unpaired) electrons. The van der Waals surface area contributed by atoms with Gasteiger partial charge in [-0.3, -0.25) is 24.6 Å². The number of imide groups is 1. The van der Waals surface area contributed by atoms with Crippen LogP contribution in [0, 0.1) is 0 Å². The van der Waals surface area contributed by atoms with E-state index in [0.717, 1.165) is 4.90 Å². The largest absolute Gasteiger partial charge is 0.490 e. The van der Waals surface area contributed by atoms with Gasteiger partial charge in [0.15, 0.2) is 11.5 Å². The number of nitrogens with zero attached hydrogens (tertiary/aromatic N) is 3. The van der Waals surface area contributed by atoms with Gasteiger partial charge >= 0.3 is 6.01 Å². The number of anilines is 1. The van der Waals surface area contributed by atoms with E-state index in [9.17, 15) is 14.4 Å². The van der Waals surface area contributed by atoms with Crippen molar-refractivity contribution in [3.05, 3.63) is 23.6 Å². The maximum absolute atomic E-state index is 12.7. The Bertz CT molecular complexity index is 929. The monoisotopic (exact) mass is 432 g/mol. The molecule has 0 saturated carbocycles. The van der Waals surface area contributed by atoms with Crippen LogP contribution in [0.25, 0.3) is 0 Å². The van der Waals surface area contributed by atoms with Gasteiger partial charge in [-0.25, -0.2) is 0 Å². The quantitative estimate of drug-likeness (QED) is 0.561. The van der Waals surface area contributed by atoms with Gasteiger partial charge in [0, 0.05) is 18.4 Å². The second kappa shape index (κ2) is 9.92. The highest BCUT2D eigenvalue weighted by atomic mass is 16.5. The summed E-state index contributed by atoms with van der Waals surface area (Å²) in [6, 6.07) is 2.90. The van der Waals surface area contributed by atoms with Crippen LogP contribution in [0.4, 0.5) is 6.01 Å². The molecular formula is C20H24N4O7. The summed E-state index contributed by atoms with van der Waals surface area (Å²) in [5.41, 5.74) is 0.236. The maximum Gasteiger partial charge on any atom is 0.322 e. The first-order valence-corrected chi connectivity index (χ1v) is 10.00. The molecule has 1 saturated heterocycles. The van der Waals surface area contributed by atoms with Gasteiger partial charge in [0.05, 0.1) is 19.8 Å². The summed E-state index contributed by atoms with van der Waals surface area (Å²) < 4.78 is 22.2. The van der Waals surface area contributed by atoms with Gasteiger partial charge in [-0.15, -0.1) is 5.10 Å². The van der Waals surface area contributed by atoms with Crippen LogP contribution in [0.1, 0.15) is 49.9 Å². The van der Waals surface area contributed by atoms with Crippen molar-refractivity contribution in [1.82, 2.24) is 15.1 Å². The Morgan fingerprint density at radius 3 is 2.13 bits per heavy atom. The summed E-state index contributed by atoms with van der Waals surface area (Å²) in [6.45, 7) is 6.49. The smallest absolute Gasteiger partial charge is 0.322 e. The van der Waals surface area contributed by atoms with Crippen molar-refractivity contribution in [3.8, 4) is 17.2 Å². The van der Waals surface area contributed by atoms with Crippen molar-refractivity contribution >= 4 is 23.7 Å². The predicted octanol–water partition coefficient (Wildman–Crippen LogP) is 2.17. The Morgan fingerprint density at radius 2 is 1.58 bits per heavy atom. The zero-order valence-electron chi connectivity index (χ0n) is 17.6. The van der Waals surface area contributed by atoms with Gasteiger partial charge in [0.2, 0.25) is 23.5 Å². The van der Waals surface area contributed by atoms with Gasteiger partial charge in [0.1, 0.15) is 6.54 Å². The molecule has 1 fully saturated rings. The number of hydrogen-bond donors (Lipinski definition) is 1. The van der Waals surface area contributed by atoms with Crippen LogP contribution in [0.2, 0.25) is 0 Å². The fraction of sp³-hybridized carbons (Fsp3) is 0.450. The molecule has 1 aliphatic heterocycles. The predicted molar refractivity (Wildman–Crippen MR) is 107 cm³/mol. The minimum absolute atomic E-state index is 0.0376. The number of aromatic nitrogens is 2. The normalized spacial score (nSPS) is 13.5. The molecule has 1 N–H and O–H groups in total. The Balaban J connectivity index is 1.77. The summed E-state index contributed by atoms with van der Waals surface area (Å²) in [7, 11) is 0. The highest BCUT2D eigenvalue weighted by Crippen LogP contribution is 2.39. The van der Waals surface area contributed by atoms with Gasteiger partial charge in [0.25, 0.3) is 5.91 Å². The van der Waals surface area contributed by atoms with Crippen molar-refractivity contribution in [2.24, 2.45) is 0 Å². The molecule has 31 heavy (non-hydrogen) atoms. The van der Waals surface area contributed by atoms with Gasteiger partial charge in [-0.2, -0.15) is 0 Å². The Kier molecular flexibility index (Phi) is 7.06. The highest BCUT2D eigenvalue weighted by Gasteiger charge is 2.30. The van der Waals surface area contributed by atoms with E-state index in [0.29, 0.717) is 37.1 Å². The summed E-state index contributed by atoms with van der Waals surface area (Å²) in [5.74, 6) is 0.0764. The van der Waals surface area contributed by atoms with Crippen LogP contribution in [0.15, 0.2) is 16.5 Å². The van der Waals surface area contributed by atoms with Crippen LogP contribution in [-0.4, -0.2) is 52.6 Å². The second-order valence-corrected chi connectivity index (χ2v) is 6.43. The van der Waals surface area contributed by atoms with Crippen LogP contribution in [-0.2, 0) is 16.1 Å². The van der Waals surface area contributed by atoms with E-state index in [-0.39, 0.29) is 48.7 Å². The molecule has 0 bridgehead atoms. The molecule has 1 aromatic heterocycles. The Hall–Kier alpha value is -3.63. The molecule has 0 unspecified atom stereocenters. The topological polar surface area (TPSA) is 133 Å². The average molecular weight is 432 g/mol. The molecule has 11 heteroatoms. The van der Waals surface area contributed by atoms with Crippen LogP contribution < -0.4 is 19.5 Å². The van der Waals surface area contributed by atoms with E-state index in [2.05, 4.69) is 15.5 Å². The molecule has 3 rings (SSSR count). The summed E-state index contributed by atoms with van der Waals surface area (Å²) in [4.78, 5) is 37.2. The zero-order valence-corrected chi connectivity index (χ0v) is 17.6. The van der Waals surface area contributed by atoms with E-state index in [1.807, 2.05) is 20.8 Å². The van der Waals surface area contributed by atoms with E-state index >= 15 is 0 Å². The Labute approximate surface area is 178 Å². The van der Waals surface area contributed by atoms with Crippen molar-refractivity contribution in [2.75, 3.05) is 25.1 Å². The molecule has 2 aromatic rings. The molecule has 1 aromatic carbocycles. The number of hydrogen-bond acceptors (Lipinski definition) is 9. The molecule has 0 spiro atoms. The number of carbonyl (C=O) groups is 3. The van der Waals surface area contributed by atoms with E-state index in [1.165, 1.54) is 12.1 Å². The molecule has 0 atom stereocenters. The molecule has 11 nitrogen and oxygen atoms in total. The molecular weight excluding hydrogens is 408 g/mol. The second-order valence-electron chi connectivity index (χ2n) is 6.43. The van der Waals surface area contributed by atoms with Crippen molar-refractivity contribution in [3.63, 3.8) is 0 Å². The molecule has 166 valence electrons. The van der Waals surface area contributed by atoms with Crippen molar-refractivity contribution in [1.29, 1.82) is 0 Å². The first-order chi connectivity index (χ1) is 15.0. The third kappa shape index (κ3) is 5.11. The third-order valence-electron chi connectivity index (χ3n) is 4.31. The standard InChI is InChI=1S/C20H24N4O7/c1-4-28-13-9-12(10-14(29-5-2)18(13)30-6-3)19(27)21-20-23-22-15(31-20)11-24-16(25)7-8-17(24)26/h9-10H,4-8,11H2,1-3H3,(H,21,23,27). The SMILES string of the molecule is CCOc1cc(C(=O)Nc2nnc(CN3C(=O)CCC3=O)o2)cc(OCC)c1OCC. The minimum atomic E-state index is -0.534. The van der Waals surface area contributed by atoms with Crippen LogP contribution in [0.5, 0.6) is 17.2 Å². The van der Waals surface area contributed by atoms with Crippen LogP contribution in [0.3, 0.4) is 0 Å². The average Bonchev–Trinajstić information content (AvgIpc) is 3.31. The van der Waals surface area contributed by atoms with Gasteiger partial charge in [-0.1, -0.05) is 5.10 Å². The van der Waals surface area contributed by atoms with E-state index in [1.54, 1.807) is 0 Å². The van der Waals surface area contributed by atoms with Crippen molar-refractivity contribution in [2.45, 2.75) is 40.2 Å². The lowest BCUT2D eigenvalue weighted by atomic mass is 10.1. The number of carbonyl (C=O) groups excluding carboxylic acids is 3. The molecule has 2 heterocycles. The molecule has 1 aliphatic rings. The summed E-state index contributed by atoms with van der Waals surface area (Å²) in [5, 5.41) is 10.0. The minimum Gasteiger partial charge on any atom is -0.490 e. The lowest BCUT2D eigenvalue weighted by molar-refractivity contribution is -0.139. The number of ether oxygens (including phenoxy) is 3. The van der Waals surface area contributed by atoms with E-state index < -0.39 is 5.91 Å². The fourth-order valence-corrected chi connectivity index (χ4v) is 2.99. The first-order valence-electron chi connectivity index (χ1n) is 10.00. The van der Waals surface area contributed by atoms with E-state index in [4.69, 9.17) is 18.6 Å². The fourth-order valence-electron chi connectivity index (χ4n) is 2.99. The number of likely N-dealkylation sites (tertiary alicyclic amines) is 1. The first kappa shape index (κ1) is 22.1. The van der Waals surface area contributed by atoms with Gasteiger partial charge in [-0.05, 0) is 32.9 Å². The zero-order chi connectivity index (χ0) is 22.4. The van der Waals surface area contributed by atoms with Crippen LogP contribution >= 0.6 is 0 Å². The molecule has 3 amide bonds. The lowest BCUT2D eigenvalue weighted by Crippen LogP contribution is -2.28. The summed E-state index contributed by atoms with van der Waals surface area (Å²) in [6.07, 6.45) is 0.331. The number of rotatable bonds is 10. The summed E-state index contributed by atoms with van der Waals surface area (Å²) >= 11 is 0. The maximum atomic E-state index is 12.7. The number of amides is 3. The highest BCUT2D eigenvalue weighted by molar-refractivity contribution is 6.04. The van der Waals surface area contributed by atoms with Gasteiger partial charge < -0.3 is 18.6 Å². The molecule has 0 aliphatic carbocycles. The van der Waals surface area contributed by atoms with Crippen molar-refractivity contribution < 1.29 is 33.0 Å². The Morgan fingerprint density at radius 1 is 1.00 bits per heavy atom.